The van der Waals surface area contributed by atoms with E-state index in [9.17, 15) is 4.79 Å². The molecule has 2 aromatic heterocycles. The monoisotopic (exact) mass is 297 g/mol. The van der Waals surface area contributed by atoms with Crippen LogP contribution < -0.4 is 5.32 Å². The lowest BCUT2D eigenvalue weighted by Gasteiger charge is -2.14. The number of carbonyl (C=O) groups excluding carboxylic acids is 1. The number of anilines is 1. The number of para-hydroxylation sites is 1. The summed E-state index contributed by atoms with van der Waals surface area (Å²) in [5, 5.41) is 15.3. The second kappa shape index (κ2) is 6.01. The van der Waals surface area contributed by atoms with Crippen LogP contribution in [0.4, 0.5) is 5.82 Å². The number of fused-ring (bicyclic) bond motifs is 1. The molecule has 0 aliphatic heterocycles. The fourth-order valence-corrected chi connectivity index (χ4v) is 2.43. The van der Waals surface area contributed by atoms with Gasteiger partial charge < -0.3 is 5.32 Å². The first kappa shape index (κ1) is 14.3. The van der Waals surface area contributed by atoms with E-state index >= 15 is 0 Å². The van der Waals surface area contributed by atoms with Crippen LogP contribution in [0.15, 0.2) is 36.5 Å². The van der Waals surface area contributed by atoms with Gasteiger partial charge in [-0.2, -0.15) is 10.2 Å². The Kier molecular flexibility index (Phi) is 3.91. The summed E-state index contributed by atoms with van der Waals surface area (Å²) < 4.78 is 1.84. The number of hydrogen-bond acceptors (Lipinski definition) is 3. The van der Waals surface area contributed by atoms with Gasteiger partial charge in [0, 0.05) is 11.5 Å². The highest BCUT2D eigenvalue weighted by molar-refractivity contribution is 5.94. The molecule has 1 amide bonds. The molecule has 0 radical (unpaired) electrons. The molecule has 1 atom stereocenters. The molecular weight excluding hydrogens is 278 g/mol. The van der Waals surface area contributed by atoms with Gasteiger partial charge in [0.05, 0.1) is 29.9 Å². The Morgan fingerprint density at radius 3 is 3.00 bits per heavy atom. The van der Waals surface area contributed by atoms with Gasteiger partial charge in [0.2, 0.25) is 5.91 Å². The van der Waals surface area contributed by atoms with Crippen molar-refractivity contribution >= 4 is 22.6 Å². The molecule has 0 spiro atoms. The fourth-order valence-electron chi connectivity index (χ4n) is 2.43. The highest BCUT2D eigenvalue weighted by Gasteiger charge is 2.13. The molecule has 0 fully saturated rings. The van der Waals surface area contributed by atoms with Crippen molar-refractivity contribution in [3.05, 3.63) is 42.2 Å². The average Bonchev–Trinajstić information content (AvgIpc) is 3.14. The molecule has 6 nitrogen and oxygen atoms in total. The number of carbonyl (C=O) groups is 1. The van der Waals surface area contributed by atoms with Crippen LogP contribution in [0, 0.1) is 0 Å². The normalized spacial score (nSPS) is 12.5. The Bertz CT molecular complexity index is 789. The summed E-state index contributed by atoms with van der Waals surface area (Å²) in [7, 11) is 0. The summed E-state index contributed by atoms with van der Waals surface area (Å²) in [6.07, 6.45) is 2.91. The van der Waals surface area contributed by atoms with Crippen molar-refractivity contribution < 1.29 is 4.79 Å². The molecule has 1 aromatic carbocycles. The predicted octanol–water partition coefficient (Wildman–Crippen LogP) is 2.91. The van der Waals surface area contributed by atoms with Gasteiger partial charge in [-0.25, -0.2) is 4.68 Å². The number of amides is 1. The SMILES string of the molecule is CC[C@H](C)n1nccc1NC(=O)Cc1[nH]nc2ccccc12. The second-order valence-electron chi connectivity index (χ2n) is 5.36. The molecule has 0 saturated carbocycles. The third-order valence-corrected chi connectivity index (χ3v) is 3.82. The molecule has 2 heterocycles. The quantitative estimate of drug-likeness (QED) is 0.760. The largest absolute Gasteiger partial charge is 0.311 e. The molecule has 6 heteroatoms. The molecule has 0 unspecified atom stereocenters. The number of hydrogen-bond donors (Lipinski definition) is 2. The Morgan fingerprint density at radius 2 is 2.18 bits per heavy atom. The molecule has 0 aliphatic rings. The average molecular weight is 297 g/mol. The van der Waals surface area contributed by atoms with Gasteiger partial charge in [-0.3, -0.25) is 9.89 Å². The third-order valence-electron chi connectivity index (χ3n) is 3.82. The number of nitrogens with zero attached hydrogens (tertiary/aromatic N) is 3. The maximum absolute atomic E-state index is 12.3. The highest BCUT2D eigenvalue weighted by Crippen LogP contribution is 2.18. The number of benzene rings is 1. The second-order valence-corrected chi connectivity index (χ2v) is 5.36. The van der Waals surface area contributed by atoms with Gasteiger partial charge in [0.15, 0.2) is 0 Å². The van der Waals surface area contributed by atoms with Gasteiger partial charge in [-0.1, -0.05) is 25.1 Å². The fraction of sp³-hybridized carbons (Fsp3) is 0.312. The minimum Gasteiger partial charge on any atom is -0.311 e. The van der Waals surface area contributed by atoms with Crippen LogP contribution in [0.1, 0.15) is 32.0 Å². The first-order chi connectivity index (χ1) is 10.7. The van der Waals surface area contributed by atoms with E-state index in [1.807, 2.05) is 35.0 Å². The molecular formula is C16H19N5O. The van der Waals surface area contributed by atoms with Crippen molar-refractivity contribution in [3.8, 4) is 0 Å². The smallest absolute Gasteiger partial charge is 0.231 e. The third kappa shape index (κ3) is 2.72. The van der Waals surface area contributed by atoms with Crippen molar-refractivity contribution in [2.75, 3.05) is 5.32 Å². The van der Waals surface area contributed by atoms with E-state index < -0.39 is 0 Å². The maximum atomic E-state index is 12.3. The predicted molar refractivity (Wildman–Crippen MR) is 85.7 cm³/mol. The Balaban J connectivity index is 1.74. The molecule has 0 saturated heterocycles. The molecule has 2 N–H and O–H groups in total. The van der Waals surface area contributed by atoms with E-state index in [0.29, 0.717) is 0 Å². The lowest BCUT2D eigenvalue weighted by molar-refractivity contribution is -0.115. The summed E-state index contributed by atoms with van der Waals surface area (Å²) >= 11 is 0. The lowest BCUT2D eigenvalue weighted by Crippen LogP contribution is -2.19. The van der Waals surface area contributed by atoms with Crippen molar-refractivity contribution in [2.45, 2.75) is 32.7 Å². The van der Waals surface area contributed by atoms with E-state index in [4.69, 9.17) is 0 Å². The summed E-state index contributed by atoms with van der Waals surface area (Å²) in [4.78, 5) is 12.3. The molecule has 3 rings (SSSR count). The highest BCUT2D eigenvalue weighted by atomic mass is 16.1. The van der Waals surface area contributed by atoms with Gasteiger partial charge in [-0.05, 0) is 19.4 Å². The molecule has 0 aliphatic carbocycles. The number of rotatable bonds is 5. The number of aromatic amines is 1. The standard InChI is InChI=1S/C16H19N5O/c1-3-11(2)21-15(8-9-17-21)18-16(22)10-14-12-6-4-5-7-13(12)19-20-14/h4-9,11H,3,10H2,1-2H3,(H,18,22)(H,19,20)/t11-/m0/s1. The molecule has 22 heavy (non-hydrogen) atoms. The zero-order chi connectivity index (χ0) is 15.5. The number of nitrogens with one attached hydrogen (secondary N) is 2. The lowest BCUT2D eigenvalue weighted by atomic mass is 10.1. The first-order valence-corrected chi connectivity index (χ1v) is 7.44. The van der Waals surface area contributed by atoms with Crippen LogP contribution in [-0.2, 0) is 11.2 Å². The van der Waals surface area contributed by atoms with Gasteiger partial charge >= 0.3 is 0 Å². The topological polar surface area (TPSA) is 75.6 Å². The van der Waals surface area contributed by atoms with Crippen molar-refractivity contribution in [3.63, 3.8) is 0 Å². The Labute approximate surface area is 128 Å². The van der Waals surface area contributed by atoms with Crippen molar-refractivity contribution in [2.24, 2.45) is 0 Å². The van der Waals surface area contributed by atoms with Gasteiger partial charge in [-0.15, -0.1) is 0 Å². The summed E-state index contributed by atoms with van der Waals surface area (Å²) in [6.45, 7) is 4.17. The van der Waals surface area contributed by atoms with Crippen LogP contribution >= 0.6 is 0 Å². The minimum absolute atomic E-state index is 0.0838. The zero-order valence-corrected chi connectivity index (χ0v) is 12.7. The minimum atomic E-state index is -0.0838. The zero-order valence-electron chi connectivity index (χ0n) is 12.7. The molecule has 3 aromatic rings. The van der Waals surface area contributed by atoms with Crippen molar-refractivity contribution in [1.82, 2.24) is 20.0 Å². The van der Waals surface area contributed by atoms with Crippen molar-refractivity contribution in [1.29, 1.82) is 0 Å². The van der Waals surface area contributed by atoms with Crippen LogP contribution in [-0.4, -0.2) is 25.9 Å². The number of aromatic nitrogens is 4. The van der Waals surface area contributed by atoms with E-state index in [0.717, 1.165) is 28.8 Å². The van der Waals surface area contributed by atoms with E-state index in [1.54, 1.807) is 6.20 Å². The number of H-pyrrole nitrogens is 1. The van der Waals surface area contributed by atoms with Crippen LogP contribution in [0.2, 0.25) is 0 Å². The molecule has 0 bridgehead atoms. The summed E-state index contributed by atoms with van der Waals surface area (Å²) in [6, 6.07) is 9.82. The van der Waals surface area contributed by atoms with E-state index in [1.165, 1.54) is 0 Å². The van der Waals surface area contributed by atoms with Gasteiger partial charge in [0.25, 0.3) is 0 Å². The van der Waals surface area contributed by atoms with E-state index in [-0.39, 0.29) is 18.4 Å². The summed E-state index contributed by atoms with van der Waals surface area (Å²) in [5.41, 5.74) is 1.69. The summed E-state index contributed by atoms with van der Waals surface area (Å²) in [5.74, 6) is 0.641. The van der Waals surface area contributed by atoms with Crippen LogP contribution in [0.25, 0.3) is 10.9 Å². The first-order valence-electron chi connectivity index (χ1n) is 7.44. The Morgan fingerprint density at radius 1 is 1.36 bits per heavy atom. The van der Waals surface area contributed by atoms with Crippen LogP contribution in [0.5, 0.6) is 0 Å². The van der Waals surface area contributed by atoms with Crippen LogP contribution in [0.3, 0.4) is 0 Å². The maximum Gasteiger partial charge on any atom is 0.231 e. The van der Waals surface area contributed by atoms with Gasteiger partial charge in [0.1, 0.15) is 5.82 Å². The van der Waals surface area contributed by atoms with E-state index in [2.05, 4.69) is 34.5 Å². The molecule has 114 valence electrons. The Hall–Kier alpha value is -2.63.